The summed E-state index contributed by atoms with van der Waals surface area (Å²) in [6, 6.07) is 1.06. The molecule has 1 saturated heterocycles. The first-order valence-corrected chi connectivity index (χ1v) is 11.1. The molecule has 0 aliphatic carbocycles. The van der Waals surface area contributed by atoms with Gasteiger partial charge in [0.05, 0.1) is 11.8 Å². The van der Waals surface area contributed by atoms with Crippen molar-refractivity contribution in [2.75, 3.05) is 11.5 Å². The summed E-state index contributed by atoms with van der Waals surface area (Å²) in [4.78, 5) is 37.9. The molecular formula is C14H11N5O4S4. The Labute approximate surface area is 170 Å². The SMILES string of the molecule is N#C/C=C\SCC(=O)N[C@@H]1C(=O)N2C(C(=O)O)=C(Sc3nncs3)CS[C@@H]12. The van der Waals surface area contributed by atoms with E-state index in [0.29, 0.717) is 15.0 Å². The molecule has 2 N–H and O–H groups in total. The average Bonchev–Trinajstić information content (AvgIpc) is 3.15. The first-order valence-electron chi connectivity index (χ1n) is 7.33. The Hall–Kier alpha value is -2.01. The Balaban J connectivity index is 1.68. The van der Waals surface area contributed by atoms with Crippen molar-refractivity contribution in [1.29, 1.82) is 5.26 Å². The van der Waals surface area contributed by atoms with Crippen LogP contribution in [0.1, 0.15) is 0 Å². The highest BCUT2D eigenvalue weighted by molar-refractivity contribution is 8.07. The number of amides is 2. The number of aromatic nitrogens is 2. The van der Waals surface area contributed by atoms with Crippen molar-refractivity contribution >= 4 is 64.4 Å². The second-order valence-electron chi connectivity index (χ2n) is 5.08. The van der Waals surface area contributed by atoms with Crippen LogP contribution in [0.25, 0.3) is 0 Å². The van der Waals surface area contributed by atoms with Crippen molar-refractivity contribution in [3.8, 4) is 6.07 Å². The maximum atomic E-state index is 12.5. The molecule has 2 aliphatic rings. The molecule has 0 saturated carbocycles. The molecule has 0 unspecified atom stereocenters. The van der Waals surface area contributed by atoms with E-state index >= 15 is 0 Å². The predicted molar refractivity (Wildman–Crippen MR) is 103 cm³/mol. The number of rotatable bonds is 7. The van der Waals surface area contributed by atoms with Gasteiger partial charge in [0.1, 0.15) is 22.6 Å². The monoisotopic (exact) mass is 441 g/mol. The quantitative estimate of drug-likeness (QED) is 0.467. The number of hydrogen-bond donors (Lipinski definition) is 2. The Morgan fingerprint density at radius 1 is 1.56 bits per heavy atom. The van der Waals surface area contributed by atoms with Gasteiger partial charge in [-0.25, -0.2) is 4.79 Å². The normalized spacial score (nSPS) is 21.6. The van der Waals surface area contributed by atoms with Crippen molar-refractivity contribution in [3.05, 3.63) is 27.6 Å². The second-order valence-corrected chi connectivity index (χ2v) is 9.26. The fourth-order valence-electron chi connectivity index (χ4n) is 2.40. The number of thioether (sulfide) groups is 3. The fraction of sp³-hybridized carbons (Fsp3) is 0.286. The third-order valence-electron chi connectivity index (χ3n) is 3.46. The van der Waals surface area contributed by atoms with Crippen LogP contribution in [0, 0.1) is 11.3 Å². The van der Waals surface area contributed by atoms with Crippen LogP contribution < -0.4 is 5.32 Å². The number of carboxylic acid groups (broad SMARTS) is 1. The molecule has 0 radical (unpaired) electrons. The molecule has 2 aliphatic heterocycles. The van der Waals surface area contributed by atoms with Crippen LogP contribution in [0.4, 0.5) is 0 Å². The van der Waals surface area contributed by atoms with Crippen LogP contribution in [0.3, 0.4) is 0 Å². The van der Waals surface area contributed by atoms with Crippen molar-refractivity contribution in [2.45, 2.75) is 15.8 Å². The van der Waals surface area contributed by atoms with Crippen molar-refractivity contribution < 1.29 is 19.5 Å². The van der Waals surface area contributed by atoms with Crippen molar-refractivity contribution in [3.63, 3.8) is 0 Å². The topological polar surface area (TPSA) is 136 Å². The average molecular weight is 442 g/mol. The van der Waals surface area contributed by atoms with Gasteiger partial charge >= 0.3 is 5.97 Å². The lowest BCUT2D eigenvalue weighted by Gasteiger charge is -2.49. The first-order chi connectivity index (χ1) is 13.0. The van der Waals surface area contributed by atoms with E-state index in [1.807, 2.05) is 6.07 Å². The van der Waals surface area contributed by atoms with Crippen LogP contribution in [0.15, 0.2) is 31.9 Å². The molecule has 1 fully saturated rings. The van der Waals surface area contributed by atoms with Gasteiger partial charge in [0.25, 0.3) is 5.91 Å². The van der Waals surface area contributed by atoms with E-state index in [1.54, 1.807) is 5.51 Å². The summed E-state index contributed by atoms with van der Waals surface area (Å²) in [5, 5.41) is 29.3. The molecule has 2 atom stereocenters. The van der Waals surface area contributed by atoms with Gasteiger partial charge in [-0.2, -0.15) is 5.26 Å². The van der Waals surface area contributed by atoms with E-state index in [9.17, 15) is 19.5 Å². The smallest absolute Gasteiger partial charge is 0.353 e. The predicted octanol–water partition coefficient (Wildman–Crippen LogP) is 1.10. The lowest BCUT2D eigenvalue weighted by molar-refractivity contribution is -0.150. The number of carboxylic acids is 1. The van der Waals surface area contributed by atoms with Gasteiger partial charge in [0.2, 0.25) is 5.91 Å². The number of nitriles is 1. The minimum atomic E-state index is -1.19. The fourth-order valence-corrected chi connectivity index (χ4v) is 6.00. The van der Waals surface area contributed by atoms with Crippen molar-refractivity contribution in [2.24, 2.45) is 0 Å². The minimum absolute atomic E-state index is 0.0686. The Morgan fingerprint density at radius 2 is 2.37 bits per heavy atom. The maximum absolute atomic E-state index is 12.5. The Morgan fingerprint density at radius 3 is 3.04 bits per heavy atom. The molecule has 3 rings (SSSR count). The lowest BCUT2D eigenvalue weighted by atomic mass is 10.1. The highest BCUT2D eigenvalue weighted by atomic mass is 32.2. The highest BCUT2D eigenvalue weighted by Gasteiger charge is 2.54. The van der Waals surface area contributed by atoms with E-state index in [2.05, 4.69) is 15.5 Å². The molecule has 1 aromatic rings. The molecule has 9 nitrogen and oxygen atoms in total. The van der Waals surface area contributed by atoms with Gasteiger partial charge in [-0.1, -0.05) is 23.1 Å². The van der Waals surface area contributed by atoms with Gasteiger partial charge in [0, 0.05) is 16.7 Å². The Bertz CT molecular complexity index is 863. The van der Waals surface area contributed by atoms with E-state index < -0.39 is 23.3 Å². The molecule has 0 aromatic carbocycles. The summed E-state index contributed by atoms with van der Waals surface area (Å²) < 4.78 is 0.600. The van der Waals surface area contributed by atoms with Crippen LogP contribution in [0.5, 0.6) is 0 Å². The summed E-state index contributed by atoms with van der Waals surface area (Å²) in [6.07, 6.45) is 1.26. The van der Waals surface area contributed by atoms with Crippen LogP contribution >= 0.6 is 46.6 Å². The summed E-state index contributed by atoms with van der Waals surface area (Å²) in [6.45, 7) is 0. The van der Waals surface area contributed by atoms with Gasteiger partial charge in [-0.15, -0.1) is 33.7 Å². The molecular weight excluding hydrogens is 430 g/mol. The standard InChI is InChI=1S/C14H11N5O4S4/c15-2-1-3-24-5-8(20)17-9-11(21)19-10(13(22)23)7(4-25-12(9)19)27-14-18-16-6-26-14/h1,3,6,9,12H,4-5H2,(H,17,20)(H,22,23)/b3-1-/t9-,12+/m1/s1. The number of aliphatic carboxylic acids is 1. The lowest BCUT2D eigenvalue weighted by Crippen LogP contribution is -2.70. The summed E-state index contributed by atoms with van der Waals surface area (Å²) in [5.74, 6) is -1.53. The number of fused-ring (bicyclic) bond motifs is 1. The van der Waals surface area contributed by atoms with Crippen LogP contribution in [-0.2, 0) is 14.4 Å². The largest absolute Gasteiger partial charge is 0.477 e. The third-order valence-corrected chi connectivity index (χ3v) is 7.54. The van der Waals surface area contributed by atoms with E-state index in [4.69, 9.17) is 5.26 Å². The Kier molecular flexibility index (Phi) is 6.42. The molecule has 2 amide bonds. The van der Waals surface area contributed by atoms with Gasteiger partial charge in [0.15, 0.2) is 4.34 Å². The van der Waals surface area contributed by atoms with Gasteiger partial charge < -0.3 is 10.4 Å². The number of hydrogen-bond acceptors (Lipinski definition) is 10. The molecule has 1 aromatic heterocycles. The van der Waals surface area contributed by atoms with Crippen LogP contribution in [-0.4, -0.2) is 60.9 Å². The number of β-lactam (4-membered cyclic amide) rings is 1. The third kappa shape index (κ3) is 4.29. The molecule has 13 heteroatoms. The number of nitrogens with zero attached hydrogens (tertiary/aromatic N) is 4. The zero-order chi connectivity index (χ0) is 19.4. The van der Waals surface area contributed by atoms with E-state index in [0.717, 1.165) is 11.8 Å². The first kappa shape index (κ1) is 19.7. The second kappa shape index (κ2) is 8.79. The zero-order valence-corrected chi connectivity index (χ0v) is 16.7. The zero-order valence-electron chi connectivity index (χ0n) is 13.4. The number of carbonyl (C=O) groups is 3. The number of allylic oxidation sites excluding steroid dienone is 1. The van der Waals surface area contributed by atoms with Crippen LogP contribution in [0.2, 0.25) is 0 Å². The molecule has 0 bridgehead atoms. The van der Waals surface area contributed by atoms with Gasteiger partial charge in [-0.05, 0) is 5.41 Å². The minimum Gasteiger partial charge on any atom is -0.477 e. The molecule has 0 spiro atoms. The van der Waals surface area contributed by atoms with Gasteiger partial charge in [-0.3, -0.25) is 14.5 Å². The number of nitrogens with one attached hydrogen (secondary N) is 1. The summed E-state index contributed by atoms with van der Waals surface area (Å²) in [5.41, 5.74) is 1.48. The molecule has 27 heavy (non-hydrogen) atoms. The van der Waals surface area contributed by atoms with Crippen molar-refractivity contribution in [1.82, 2.24) is 20.4 Å². The molecule has 140 valence electrons. The maximum Gasteiger partial charge on any atom is 0.353 e. The highest BCUT2D eigenvalue weighted by Crippen LogP contribution is 2.45. The molecule has 3 heterocycles. The summed E-state index contributed by atoms with van der Waals surface area (Å²) >= 11 is 5.00. The summed E-state index contributed by atoms with van der Waals surface area (Å²) in [7, 11) is 0. The van der Waals surface area contributed by atoms with E-state index in [1.165, 1.54) is 51.2 Å². The van der Waals surface area contributed by atoms with E-state index in [-0.39, 0.29) is 17.4 Å². The number of carbonyl (C=O) groups excluding carboxylic acids is 2.